The molecule has 1 aliphatic carbocycles. The number of carbonyl (C=O) groups excluding carboxylic acids is 3. The monoisotopic (exact) mass is 497 g/mol. The van der Waals surface area contributed by atoms with Crippen molar-refractivity contribution in [3.05, 3.63) is 78.4 Å². The predicted molar refractivity (Wildman–Crippen MR) is 142 cm³/mol. The summed E-state index contributed by atoms with van der Waals surface area (Å²) >= 11 is 1.57. The van der Waals surface area contributed by atoms with Gasteiger partial charge in [-0.1, -0.05) is 54.9 Å². The van der Waals surface area contributed by atoms with Gasteiger partial charge in [0.2, 0.25) is 11.8 Å². The van der Waals surface area contributed by atoms with Gasteiger partial charge in [-0.05, 0) is 55.3 Å². The van der Waals surface area contributed by atoms with Crippen LogP contribution in [0.3, 0.4) is 0 Å². The minimum atomic E-state index is -0.415. The number of carbonyl (C=O) groups is 3. The molecule has 3 amide bonds. The van der Waals surface area contributed by atoms with Crippen LogP contribution in [0.1, 0.15) is 42.5 Å². The lowest BCUT2D eigenvalue weighted by Crippen LogP contribution is -2.39. The van der Waals surface area contributed by atoms with E-state index in [4.69, 9.17) is 0 Å². The van der Waals surface area contributed by atoms with Gasteiger partial charge in [0.05, 0.1) is 17.2 Å². The zero-order valence-corrected chi connectivity index (χ0v) is 20.7. The third-order valence-electron chi connectivity index (χ3n) is 7.30. The normalized spacial score (nSPS) is 19.7. The molecule has 1 atom stereocenters. The van der Waals surface area contributed by atoms with E-state index in [1.807, 2.05) is 77.7 Å². The van der Waals surface area contributed by atoms with Crippen LogP contribution in [0.4, 0.5) is 17.1 Å². The van der Waals surface area contributed by atoms with Gasteiger partial charge in [0.25, 0.3) is 5.91 Å². The van der Waals surface area contributed by atoms with E-state index in [0.717, 1.165) is 52.4 Å². The van der Waals surface area contributed by atoms with E-state index < -0.39 is 5.92 Å². The number of hydrogen-bond donors (Lipinski definition) is 1. The van der Waals surface area contributed by atoms with Gasteiger partial charge < -0.3 is 15.1 Å². The van der Waals surface area contributed by atoms with Gasteiger partial charge in [-0.25, -0.2) is 0 Å². The van der Waals surface area contributed by atoms with Gasteiger partial charge in [-0.3, -0.25) is 14.4 Å². The number of fused-ring (bicyclic) bond motifs is 2. The Balaban J connectivity index is 1.26. The van der Waals surface area contributed by atoms with Crippen molar-refractivity contribution in [1.82, 2.24) is 0 Å². The van der Waals surface area contributed by atoms with Crippen LogP contribution in [0, 0.1) is 5.92 Å². The van der Waals surface area contributed by atoms with Crippen molar-refractivity contribution in [2.24, 2.45) is 5.92 Å². The van der Waals surface area contributed by atoms with Gasteiger partial charge in [0.1, 0.15) is 0 Å². The fourth-order valence-corrected chi connectivity index (χ4v) is 6.58. The molecule has 0 radical (unpaired) electrons. The van der Waals surface area contributed by atoms with Crippen molar-refractivity contribution in [2.45, 2.75) is 47.9 Å². The van der Waals surface area contributed by atoms with E-state index in [2.05, 4.69) is 5.32 Å². The number of hydrogen-bond acceptors (Lipinski definition) is 4. The van der Waals surface area contributed by atoms with Crippen LogP contribution in [0.5, 0.6) is 0 Å². The lowest BCUT2D eigenvalue weighted by atomic mass is 10.1. The number of nitrogens with one attached hydrogen (secondary N) is 1. The third kappa shape index (κ3) is 4.17. The maximum Gasteiger partial charge on any atom is 0.259 e. The maximum absolute atomic E-state index is 13.6. The summed E-state index contributed by atoms with van der Waals surface area (Å²) in [7, 11) is 0. The quantitative estimate of drug-likeness (QED) is 0.500. The molecule has 1 saturated carbocycles. The van der Waals surface area contributed by atoms with Crippen molar-refractivity contribution >= 4 is 46.5 Å². The fourth-order valence-electron chi connectivity index (χ4n) is 5.47. The van der Waals surface area contributed by atoms with Gasteiger partial charge in [-0.15, -0.1) is 0 Å². The SMILES string of the molecule is O=C(Nc1ccc2c(c1)Sc1ccccc1C(=O)N2C1CCCC1)[C@@H]1CC(=O)N(c2ccccc2)C1. The van der Waals surface area contributed by atoms with Crippen LogP contribution in [0.2, 0.25) is 0 Å². The minimum absolute atomic E-state index is 0.0406. The molecule has 2 heterocycles. The second-order valence-corrected chi connectivity index (χ2v) is 10.7. The number of amides is 3. The molecule has 2 aliphatic heterocycles. The Kier molecular flexibility index (Phi) is 6.01. The molecule has 6 rings (SSSR count). The van der Waals surface area contributed by atoms with E-state index >= 15 is 0 Å². The summed E-state index contributed by atoms with van der Waals surface area (Å²) in [6, 6.07) is 23.2. The Labute approximate surface area is 214 Å². The topological polar surface area (TPSA) is 69.7 Å². The van der Waals surface area contributed by atoms with Crippen LogP contribution >= 0.6 is 11.8 Å². The van der Waals surface area contributed by atoms with E-state index in [1.54, 1.807) is 16.7 Å². The summed E-state index contributed by atoms with van der Waals surface area (Å²) in [5, 5.41) is 3.03. The number of anilines is 3. The largest absolute Gasteiger partial charge is 0.326 e. The Morgan fingerprint density at radius 2 is 1.64 bits per heavy atom. The first kappa shape index (κ1) is 22.9. The molecular formula is C29H27N3O3S. The Bertz CT molecular complexity index is 1340. The zero-order chi connectivity index (χ0) is 24.6. The zero-order valence-electron chi connectivity index (χ0n) is 19.9. The van der Waals surface area contributed by atoms with E-state index in [-0.39, 0.29) is 30.2 Å². The molecule has 0 aromatic heterocycles. The van der Waals surface area contributed by atoms with E-state index in [9.17, 15) is 14.4 Å². The first-order valence-corrected chi connectivity index (χ1v) is 13.3. The van der Waals surface area contributed by atoms with Crippen molar-refractivity contribution in [3.63, 3.8) is 0 Å². The number of para-hydroxylation sites is 1. The van der Waals surface area contributed by atoms with Gasteiger partial charge in [0.15, 0.2) is 0 Å². The number of nitrogens with zero attached hydrogens (tertiary/aromatic N) is 2. The highest BCUT2D eigenvalue weighted by atomic mass is 32.2. The summed E-state index contributed by atoms with van der Waals surface area (Å²) in [4.78, 5) is 44.9. The maximum atomic E-state index is 13.6. The molecular weight excluding hydrogens is 470 g/mol. The van der Waals surface area contributed by atoms with E-state index in [0.29, 0.717) is 12.2 Å². The Morgan fingerprint density at radius 3 is 2.44 bits per heavy atom. The second-order valence-electron chi connectivity index (χ2n) is 9.62. The van der Waals surface area contributed by atoms with Gasteiger partial charge >= 0.3 is 0 Å². The summed E-state index contributed by atoms with van der Waals surface area (Å²) in [5.41, 5.74) is 3.11. The minimum Gasteiger partial charge on any atom is -0.326 e. The van der Waals surface area contributed by atoms with E-state index in [1.165, 1.54) is 0 Å². The molecule has 6 nitrogen and oxygen atoms in total. The Morgan fingerprint density at radius 1 is 0.889 bits per heavy atom. The fraction of sp³-hybridized carbons (Fsp3) is 0.276. The first-order chi connectivity index (χ1) is 17.6. The molecule has 2 fully saturated rings. The second kappa shape index (κ2) is 9.47. The molecule has 3 aromatic rings. The van der Waals surface area contributed by atoms with Crippen molar-refractivity contribution in [2.75, 3.05) is 21.7 Å². The third-order valence-corrected chi connectivity index (χ3v) is 8.42. The standard InChI is InChI=1S/C29H27N3O3S/c33-27-16-19(18-31(27)21-8-2-1-3-9-21)28(34)30-20-14-15-24-26(17-20)36-25-13-7-6-12-23(25)29(35)32(24)22-10-4-5-11-22/h1-3,6-9,12-15,17,19,22H,4-5,10-11,16,18H2,(H,30,34)/t19-/m1/s1. The van der Waals surface area contributed by atoms with Crippen molar-refractivity contribution in [3.8, 4) is 0 Å². The average molecular weight is 498 g/mol. The molecule has 0 unspecified atom stereocenters. The summed E-state index contributed by atoms with van der Waals surface area (Å²) < 4.78 is 0. The van der Waals surface area contributed by atoms with Crippen LogP contribution < -0.4 is 15.1 Å². The van der Waals surface area contributed by atoms with Crippen LogP contribution in [-0.4, -0.2) is 30.3 Å². The smallest absolute Gasteiger partial charge is 0.259 e. The lowest BCUT2D eigenvalue weighted by Gasteiger charge is -2.29. The van der Waals surface area contributed by atoms with Crippen molar-refractivity contribution < 1.29 is 14.4 Å². The van der Waals surface area contributed by atoms with Crippen molar-refractivity contribution in [1.29, 1.82) is 0 Å². The van der Waals surface area contributed by atoms with Crippen LogP contribution in [0.25, 0.3) is 0 Å². The number of rotatable bonds is 4. The molecule has 0 bridgehead atoms. The van der Waals surface area contributed by atoms with Gasteiger partial charge in [-0.2, -0.15) is 0 Å². The molecule has 3 aliphatic rings. The number of benzene rings is 3. The Hall–Kier alpha value is -3.58. The highest BCUT2D eigenvalue weighted by molar-refractivity contribution is 7.99. The lowest BCUT2D eigenvalue weighted by molar-refractivity contribution is -0.122. The summed E-state index contributed by atoms with van der Waals surface area (Å²) in [5.74, 6) is -0.571. The molecule has 3 aromatic carbocycles. The predicted octanol–water partition coefficient (Wildman–Crippen LogP) is 5.73. The molecule has 182 valence electrons. The highest BCUT2D eigenvalue weighted by Crippen LogP contribution is 2.45. The average Bonchev–Trinajstić information content (AvgIpc) is 3.54. The molecule has 1 N–H and O–H groups in total. The first-order valence-electron chi connectivity index (χ1n) is 12.5. The molecule has 1 saturated heterocycles. The molecule has 0 spiro atoms. The summed E-state index contributed by atoms with van der Waals surface area (Å²) in [6.45, 7) is 0.367. The van der Waals surface area contributed by atoms with Crippen LogP contribution in [-0.2, 0) is 9.59 Å². The summed E-state index contributed by atoms with van der Waals surface area (Å²) in [6.07, 6.45) is 4.46. The molecule has 36 heavy (non-hydrogen) atoms. The molecule has 7 heteroatoms. The highest BCUT2D eigenvalue weighted by Gasteiger charge is 2.36. The van der Waals surface area contributed by atoms with Gasteiger partial charge in [0, 0.05) is 40.2 Å². The van der Waals surface area contributed by atoms with Crippen LogP contribution in [0.15, 0.2) is 82.6 Å².